The second kappa shape index (κ2) is 14.2. The van der Waals surface area contributed by atoms with E-state index in [1.807, 2.05) is 11.8 Å². The molecular weight excluding hydrogens is 427 g/mol. The van der Waals surface area contributed by atoms with E-state index in [2.05, 4.69) is 57.7 Å². The Morgan fingerprint density at radius 3 is 1.88 bits per heavy atom. The van der Waals surface area contributed by atoms with Crippen LogP contribution in [0.4, 0.5) is 0 Å². The van der Waals surface area contributed by atoms with Gasteiger partial charge in [0.1, 0.15) is 0 Å². The van der Waals surface area contributed by atoms with Gasteiger partial charge < -0.3 is 0 Å². The molecule has 0 aliphatic carbocycles. The van der Waals surface area contributed by atoms with Gasteiger partial charge in [0.05, 0.1) is 0 Å². The van der Waals surface area contributed by atoms with E-state index in [1.165, 1.54) is 60.0 Å². The average molecular weight is 467 g/mol. The Bertz CT molecular complexity index is 433. The first-order chi connectivity index (χ1) is 12.2. The van der Waals surface area contributed by atoms with Crippen molar-refractivity contribution in [2.45, 2.75) is 88.4 Å². The van der Waals surface area contributed by atoms with Crippen molar-refractivity contribution >= 4 is 30.1 Å². The summed E-state index contributed by atoms with van der Waals surface area (Å²) in [5.74, 6) is 1.19. The van der Waals surface area contributed by atoms with Crippen LogP contribution in [0, 0.1) is 0 Å². The van der Waals surface area contributed by atoms with Crippen LogP contribution in [0.25, 0.3) is 0 Å². The molecule has 0 amide bonds. The molecule has 0 unspecified atom stereocenters. The zero-order chi connectivity index (χ0) is 18.4. The number of rotatable bonds is 15. The van der Waals surface area contributed by atoms with Gasteiger partial charge in [0.2, 0.25) is 0 Å². The average Bonchev–Trinajstić information content (AvgIpc) is 2.63. The van der Waals surface area contributed by atoms with Crippen LogP contribution in [-0.2, 0) is 0 Å². The van der Waals surface area contributed by atoms with Crippen molar-refractivity contribution in [3.63, 3.8) is 0 Å². The van der Waals surface area contributed by atoms with E-state index in [0.29, 0.717) is 0 Å². The summed E-state index contributed by atoms with van der Waals surface area (Å²) in [6.07, 6.45) is 9.72. The summed E-state index contributed by atoms with van der Waals surface area (Å²) in [6.45, 7) is 11.6. The summed E-state index contributed by atoms with van der Waals surface area (Å²) in [5.41, 5.74) is 1.57. The Labute approximate surface area is 166 Å². The van der Waals surface area contributed by atoms with Crippen molar-refractivity contribution in [1.82, 2.24) is 0 Å². The van der Waals surface area contributed by atoms with Gasteiger partial charge in [-0.25, -0.2) is 0 Å². The van der Waals surface area contributed by atoms with Crippen molar-refractivity contribution in [1.29, 1.82) is 0 Å². The second-order valence-corrected chi connectivity index (χ2v) is 22.7. The van der Waals surface area contributed by atoms with E-state index in [-0.39, 0.29) is 0 Å². The van der Waals surface area contributed by atoms with Crippen LogP contribution in [0.3, 0.4) is 0 Å². The third kappa shape index (κ3) is 10.1. The van der Waals surface area contributed by atoms with E-state index < -0.39 is 18.4 Å². The van der Waals surface area contributed by atoms with E-state index in [9.17, 15) is 0 Å². The first-order valence-corrected chi connectivity index (χ1v) is 19.6. The molecule has 0 atom stereocenters. The molecule has 0 saturated heterocycles. The molecule has 1 aromatic rings. The van der Waals surface area contributed by atoms with Crippen molar-refractivity contribution in [2.24, 2.45) is 0 Å². The van der Waals surface area contributed by atoms with Crippen molar-refractivity contribution in [3.8, 4) is 0 Å². The van der Waals surface area contributed by atoms with Crippen molar-refractivity contribution < 1.29 is 0 Å². The molecule has 0 N–H and O–H groups in total. The third-order valence-electron chi connectivity index (χ3n) is 5.27. The molecule has 0 nitrogen and oxygen atoms in total. The monoisotopic (exact) mass is 468 g/mol. The Hall–Kier alpha value is 0.109. The molecule has 0 aliphatic heterocycles. The molecule has 0 heterocycles. The molecule has 0 aromatic heterocycles. The van der Waals surface area contributed by atoms with Gasteiger partial charge in [0.25, 0.3) is 0 Å². The predicted molar refractivity (Wildman–Crippen MR) is 121 cm³/mol. The van der Waals surface area contributed by atoms with Crippen LogP contribution in [0.5, 0.6) is 0 Å². The number of thioether (sulfide) groups is 1. The summed E-state index contributed by atoms with van der Waals surface area (Å²) < 4.78 is 6.28. The fraction of sp³-hybridized carbons (Fsp3) is 0.652. The topological polar surface area (TPSA) is 0 Å². The standard InChI is InChI=1S/C11H13S.3C4H9.Sn/c1-10(2)8-9-12-11-6-4-3-5-7-11;3*1-3-4-2;/h3-7H,1-2,8-9H2;3*1,3-4H2,2H3;. The van der Waals surface area contributed by atoms with Gasteiger partial charge in [-0.05, 0) is 0 Å². The minimum absolute atomic E-state index is 1.19. The van der Waals surface area contributed by atoms with E-state index >= 15 is 0 Å². The van der Waals surface area contributed by atoms with Crippen molar-refractivity contribution in [3.05, 3.63) is 42.5 Å². The molecule has 0 aliphatic rings. The Kier molecular flexibility index (Phi) is 13.1. The molecule has 0 radical (unpaired) electrons. The summed E-state index contributed by atoms with van der Waals surface area (Å²) in [5, 5.41) is 0. The van der Waals surface area contributed by atoms with E-state index in [0.717, 1.165) is 0 Å². The second-order valence-electron chi connectivity index (χ2n) is 7.65. The zero-order valence-electron chi connectivity index (χ0n) is 17.0. The predicted octanol–water partition coefficient (Wildman–Crippen LogP) is 8.57. The number of unbranched alkanes of at least 4 members (excludes halogenated alkanes) is 3. The number of benzene rings is 1. The van der Waals surface area contributed by atoms with Crippen LogP contribution >= 0.6 is 11.8 Å². The zero-order valence-corrected chi connectivity index (χ0v) is 20.7. The Morgan fingerprint density at radius 2 is 1.40 bits per heavy atom. The molecular formula is C23H40SSn. The molecule has 0 bridgehead atoms. The molecule has 1 aromatic carbocycles. The van der Waals surface area contributed by atoms with Gasteiger partial charge in [-0.15, -0.1) is 0 Å². The maximum atomic E-state index is 4.53. The van der Waals surface area contributed by atoms with Gasteiger partial charge >= 0.3 is 167 Å². The van der Waals surface area contributed by atoms with Crippen LogP contribution in [-0.4, -0.2) is 24.1 Å². The van der Waals surface area contributed by atoms with Gasteiger partial charge in [-0.1, -0.05) is 0 Å². The first kappa shape index (κ1) is 23.1. The van der Waals surface area contributed by atoms with E-state index in [4.69, 9.17) is 0 Å². The van der Waals surface area contributed by atoms with Crippen LogP contribution in [0.15, 0.2) is 47.4 Å². The molecule has 0 spiro atoms. The normalized spacial score (nSPS) is 11.6. The first-order valence-electron chi connectivity index (χ1n) is 10.5. The van der Waals surface area contributed by atoms with Gasteiger partial charge in [-0.2, -0.15) is 0 Å². The number of hydrogen-bond acceptors (Lipinski definition) is 1. The maximum absolute atomic E-state index is 4.53. The molecule has 142 valence electrons. The summed E-state index contributed by atoms with van der Waals surface area (Å²) in [6, 6.07) is 10.8. The summed E-state index contributed by atoms with van der Waals surface area (Å²) in [7, 11) is 0. The quantitative estimate of drug-likeness (QED) is 0.141. The third-order valence-corrected chi connectivity index (χ3v) is 22.0. The Morgan fingerprint density at radius 1 is 0.880 bits per heavy atom. The fourth-order valence-corrected chi connectivity index (χ4v) is 21.4. The molecule has 1 rings (SSSR count). The molecule has 0 fully saturated rings. The SMILES string of the molecule is C=C(CCSc1ccccc1)[CH2][Sn]([CH2]CCC)([CH2]CCC)[CH2]CCC. The van der Waals surface area contributed by atoms with Crippen LogP contribution in [0.2, 0.25) is 17.7 Å². The number of hydrogen-bond donors (Lipinski definition) is 0. The van der Waals surface area contributed by atoms with Crippen LogP contribution in [0.1, 0.15) is 65.7 Å². The molecule has 25 heavy (non-hydrogen) atoms. The summed E-state index contributed by atoms with van der Waals surface area (Å²) in [4.78, 5) is 1.40. The van der Waals surface area contributed by atoms with E-state index in [1.54, 1.807) is 18.9 Å². The van der Waals surface area contributed by atoms with Crippen molar-refractivity contribution in [2.75, 3.05) is 5.75 Å². The van der Waals surface area contributed by atoms with Crippen LogP contribution < -0.4 is 0 Å². The minimum atomic E-state index is -2.02. The fourth-order valence-electron chi connectivity index (χ4n) is 3.74. The molecule has 0 saturated carbocycles. The van der Waals surface area contributed by atoms with Gasteiger partial charge in [0, 0.05) is 0 Å². The number of allylic oxidation sites excluding steroid dienone is 1. The Balaban J connectivity index is 2.57. The van der Waals surface area contributed by atoms with Gasteiger partial charge in [0.15, 0.2) is 0 Å². The van der Waals surface area contributed by atoms with Gasteiger partial charge in [-0.3, -0.25) is 0 Å². The summed E-state index contributed by atoms with van der Waals surface area (Å²) >= 11 is -0.0309. The molecule has 2 heteroatoms.